The Balaban J connectivity index is 3.07. The van der Waals surface area contributed by atoms with Crippen molar-refractivity contribution >= 4 is 49.4 Å². The summed E-state index contributed by atoms with van der Waals surface area (Å²) in [7, 11) is -4.95. The zero-order valence-corrected chi connectivity index (χ0v) is 14.6. The lowest BCUT2D eigenvalue weighted by atomic mass is 10.2. The standard InChI is InChI=1S/C11H14INO5S2/c1-7(6-19(2)16)13-20(17,18)8-3-4-10(12)9(5-8)11(14)15/h3-5,7,13H,6H2,1-2H3,(H,14,15). The van der Waals surface area contributed by atoms with Crippen molar-refractivity contribution in [1.82, 2.24) is 4.72 Å². The van der Waals surface area contributed by atoms with Crippen LogP contribution in [0.15, 0.2) is 23.1 Å². The summed E-state index contributed by atoms with van der Waals surface area (Å²) < 4.78 is 38.1. The molecule has 1 rings (SSSR count). The number of rotatable bonds is 6. The zero-order valence-electron chi connectivity index (χ0n) is 10.8. The van der Waals surface area contributed by atoms with E-state index in [1.807, 2.05) is 22.6 Å². The number of nitrogens with one attached hydrogen (secondary N) is 1. The van der Waals surface area contributed by atoms with E-state index in [9.17, 15) is 17.4 Å². The Morgan fingerprint density at radius 1 is 1.50 bits per heavy atom. The molecule has 0 heterocycles. The quantitative estimate of drug-likeness (QED) is 0.656. The van der Waals surface area contributed by atoms with E-state index in [0.29, 0.717) is 3.57 Å². The monoisotopic (exact) mass is 431 g/mol. The lowest BCUT2D eigenvalue weighted by molar-refractivity contribution is 0.0695. The first kappa shape index (κ1) is 17.5. The molecule has 0 aliphatic rings. The van der Waals surface area contributed by atoms with Crippen LogP contribution in [0.2, 0.25) is 0 Å². The van der Waals surface area contributed by atoms with Gasteiger partial charge in [-0.3, -0.25) is 4.21 Å². The predicted octanol–water partition coefficient (Wildman–Crippen LogP) is 1.03. The van der Waals surface area contributed by atoms with Crippen LogP contribution < -0.4 is 4.72 Å². The number of aromatic carboxylic acids is 1. The minimum atomic E-state index is -3.83. The van der Waals surface area contributed by atoms with Gasteiger partial charge in [0.15, 0.2) is 0 Å². The summed E-state index contributed by atoms with van der Waals surface area (Å²) in [5, 5.41) is 9.00. The van der Waals surface area contributed by atoms with Crippen molar-refractivity contribution in [2.75, 3.05) is 12.0 Å². The van der Waals surface area contributed by atoms with Crippen LogP contribution >= 0.6 is 22.6 Å². The average Bonchev–Trinajstić information content (AvgIpc) is 2.26. The highest BCUT2D eigenvalue weighted by atomic mass is 127. The van der Waals surface area contributed by atoms with E-state index in [1.165, 1.54) is 18.4 Å². The van der Waals surface area contributed by atoms with E-state index < -0.39 is 32.8 Å². The summed E-state index contributed by atoms with van der Waals surface area (Å²) in [5.74, 6) is -0.996. The maximum absolute atomic E-state index is 12.1. The normalized spacial score (nSPS) is 14.8. The summed E-state index contributed by atoms with van der Waals surface area (Å²) >= 11 is 1.83. The summed E-state index contributed by atoms with van der Waals surface area (Å²) in [6, 6.07) is 3.38. The van der Waals surface area contributed by atoms with Gasteiger partial charge in [-0.15, -0.1) is 0 Å². The molecule has 112 valence electrons. The number of sulfonamides is 1. The number of hydrogen-bond acceptors (Lipinski definition) is 4. The molecule has 0 saturated carbocycles. The summed E-state index contributed by atoms with van der Waals surface area (Å²) in [4.78, 5) is 10.9. The fourth-order valence-corrected chi connectivity index (χ4v) is 4.28. The molecule has 0 amide bonds. The molecule has 0 aliphatic heterocycles. The van der Waals surface area contributed by atoms with Crippen LogP contribution in [0.25, 0.3) is 0 Å². The van der Waals surface area contributed by atoms with E-state index in [2.05, 4.69) is 4.72 Å². The smallest absolute Gasteiger partial charge is 0.336 e. The molecule has 9 heteroatoms. The molecular formula is C11H14INO5S2. The third kappa shape index (κ3) is 4.79. The molecule has 1 aromatic rings. The van der Waals surface area contributed by atoms with E-state index in [1.54, 1.807) is 6.92 Å². The zero-order chi connectivity index (χ0) is 15.5. The minimum absolute atomic E-state index is 0.0693. The largest absolute Gasteiger partial charge is 0.478 e. The molecule has 0 saturated heterocycles. The molecule has 1 aromatic carbocycles. The van der Waals surface area contributed by atoms with Crippen molar-refractivity contribution in [3.63, 3.8) is 0 Å². The fraction of sp³-hybridized carbons (Fsp3) is 0.364. The number of carboxylic acid groups (broad SMARTS) is 1. The minimum Gasteiger partial charge on any atom is -0.478 e. The van der Waals surface area contributed by atoms with Crippen LogP contribution in [0.3, 0.4) is 0 Å². The first-order chi connectivity index (χ1) is 9.13. The lowest BCUT2D eigenvalue weighted by Gasteiger charge is -2.13. The third-order valence-corrected chi connectivity index (χ3v) is 5.82. The van der Waals surface area contributed by atoms with Gasteiger partial charge in [-0.2, -0.15) is 0 Å². The Bertz CT molecular complexity index is 644. The lowest BCUT2D eigenvalue weighted by Crippen LogP contribution is -2.36. The molecular weight excluding hydrogens is 417 g/mol. The fourth-order valence-electron chi connectivity index (χ4n) is 1.55. The second-order valence-electron chi connectivity index (χ2n) is 4.21. The van der Waals surface area contributed by atoms with Crippen molar-refractivity contribution in [1.29, 1.82) is 0 Å². The van der Waals surface area contributed by atoms with Gasteiger partial charge in [0.25, 0.3) is 0 Å². The second-order valence-corrected chi connectivity index (χ2v) is 8.56. The molecule has 0 radical (unpaired) electrons. The number of carboxylic acids is 1. The van der Waals surface area contributed by atoms with Gasteiger partial charge < -0.3 is 5.11 Å². The van der Waals surface area contributed by atoms with E-state index >= 15 is 0 Å². The Hall–Kier alpha value is -0.520. The number of carbonyl (C=O) groups is 1. The molecule has 20 heavy (non-hydrogen) atoms. The number of benzene rings is 1. The van der Waals surface area contributed by atoms with Crippen LogP contribution in [0.1, 0.15) is 17.3 Å². The highest BCUT2D eigenvalue weighted by molar-refractivity contribution is 14.1. The highest BCUT2D eigenvalue weighted by Gasteiger charge is 2.20. The van der Waals surface area contributed by atoms with Crippen molar-refractivity contribution < 1.29 is 22.5 Å². The summed E-state index contributed by atoms with van der Waals surface area (Å²) in [6.07, 6.45) is 1.48. The second kappa shape index (κ2) is 6.96. The maximum Gasteiger partial charge on any atom is 0.336 e. The van der Waals surface area contributed by atoms with Crippen LogP contribution in [0, 0.1) is 3.57 Å². The van der Waals surface area contributed by atoms with Crippen molar-refractivity contribution in [2.45, 2.75) is 17.9 Å². The molecule has 0 spiro atoms. The van der Waals surface area contributed by atoms with Crippen LogP contribution in [0.5, 0.6) is 0 Å². The van der Waals surface area contributed by atoms with Crippen LogP contribution in [0.4, 0.5) is 0 Å². The van der Waals surface area contributed by atoms with Gasteiger partial charge in [-0.05, 0) is 47.7 Å². The number of halogens is 1. The Morgan fingerprint density at radius 3 is 2.60 bits per heavy atom. The SMILES string of the molecule is CC(CS(C)=O)NS(=O)(=O)c1ccc(I)c(C(=O)O)c1. The van der Waals surface area contributed by atoms with Gasteiger partial charge in [0, 0.05) is 32.4 Å². The topological polar surface area (TPSA) is 101 Å². The molecule has 2 N–H and O–H groups in total. The van der Waals surface area contributed by atoms with E-state index in [-0.39, 0.29) is 16.2 Å². The molecule has 0 aliphatic carbocycles. The Morgan fingerprint density at radius 2 is 2.10 bits per heavy atom. The van der Waals surface area contributed by atoms with E-state index in [4.69, 9.17) is 5.11 Å². The molecule has 0 aromatic heterocycles. The third-order valence-electron chi connectivity index (χ3n) is 2.32. The van der Waals surface area contributed by atoms with Crippen molar-refractivity contribution in [3.05, 3.63) is 27.3 Å². The molecule has 2 atom stereocenters. The first-order valence-electron chi connectivity index (χ1n) is 5.48. The van der Waals surface area contributed by atoms with Gasteiger partial charge in [0.1, 0.15) is 0 Å². The maximum atomic E-state index is 12.1. The van der Waals surface area contributed by atoms with Gasteiger partial charge in [-0.1, -0.05) is 0 Å². The average molecular weight is 431 g/mol. The Kier molecular flexibility index (Phi) is 6.10. The molecule has 2 unspecified atom stereocenters. The summed E-state index contributed by atoms with van der Waals surface area (Å²) in [6.45, 7) is 1.60. The van der Waals surface area contributed by atoms with Gasteiger partial charge >= 0.3 is 5.97 Å². The van der Waals surface area contributed by atoms with Crippen molar-refractivity contribution in [2.24, 2.45) is 0 Å². The van der Waals surface area contributed by atoms with Gasteiger partial charge in [-0.25, -0.2) is 17.9 Å². The van der Waals surface area contributed by atoms with Crippen LogP contribution in [-0.2, 0) is 20.8 Å². The number of hydrogen-bond donors (Lipinski definition) is 2. The van der Waals surface area contributed by atoms with Crippen molar-refractivity contribution in [3.8, 4) is 0 Å². The summed E-state index contributed by atoms with van der Waals surface area (Å²) in [5.41, 5.74) is -0.0693. The van der Waals surface area contributed by atoms with Crippen LogP contribution in [-0.4, -0.2) is 41.8 Å². The highest BCUT2D eigenvalue weighted by Crippen LogP contribution is 2.18. The predicted molar refractivity (Wildman–Crippen MR) is 84.8 cm³/mol. The molecule has 0 fully saturated rings. The van der Waals surface area contributed by atoms with E-state index in [0.717, 1.165) is 6.07 Å². The molecule has 6 nitrogen and oxygen atoms in total. The Labute approximate surface area is 133 Å². The first-order valence-corrected chi connectivity index (χ1v) is 9.77. The van der Waals surface area contributed by atoms with Gasteiger partial charge in [0.05, 0.1) is 10.5 Å². The molecule has 0 bridgehead atoms. The van der Waals surface area contributed by atoms with Gasteiger partial charge in [0.2, 0.25) is 10.0 Å².